The number of hydrogen-bond donors (Lipinski definition) is 0. The van der Waals surface area contributed by atoms with Crippen molar-refractivity contribution in [2.24, 2.45) is 0 Å². The third-order valence-corrected chi connectivity index (χ3v) is 3.15. The minimum absolute atomic E-state index is 0. The molecule has 0 bridgehead atoms. The fourth-order valence-electron chi connectivity index (χ4n) is 1.58. The summed E-state index contributed by atoms with van der Waals surface area (Å²) in [5, 5.41) is 16.6. The topological polar surface area (TPSA) is 128 Å². The van der Waals surface area contributed by atoms with E-state index in [2.05, 4.69) is 29.6 Å². The summed E-state index contributed by atoms with van der Waals surface area (Å²) in [6, 6.07) is 8.41. The molecule has 0 aliphatic carbocycles. The SMILES string of the molecule is CCCCCC(COP(=O)([O-])[O-])OOOOOOc1ccccc1.[Na+].[Na+]. The van der Waals surface area contributed by atoms with Crippen LogP contribution in [0.2, 0.25) is 0 Å². The molecule has 1 rings (SSSR count). The molecule has 138 valence electrons. The molecule has 0 aliphatic heterocycles. The van der Waals surface area contributed by atoms with Crippen molar-refractivity contribution < 1.29 is 108 Å². The first-order chi connectivity index (χ1) is 11.5. The number of phosphoric ester groups is 1. The predicted octanol–water partition coefficient (Wildman–Crippen LogP) is -4.47. The maximum Gasteiger partial charge on any atom is 1.00 e. The molecule has 0 radical (unpaired) electrons. The second kappa shape index (κ2) is 18.0. The van der Waals surface area contributed by atoms with Gasteiger partial charge < -0.3 is 23.8 Å². The number of benzene rings is 1. The summed E-state index contributed by atoms with van der Waals surface area (Å²) in [6.45, 7) is 1.49. The monoisotopic (exact) mass is 412 g/mol. The van der Waals surface area contributed by atoms with Gasteiger partial charge in [0.2, 0.25) is 0 Å². The van der Waals surface area contributed by atoms with Crippen LogP contribution in [0.15, 0.2) is 30.3 Å². The fraction of sp³-hybridized carbons (Fsp3) is 0.538. The van der Waals surface area contributed by atoms with Gasteiger partial charge in [-0.1, -0.05) is 44.4 Å². The number of unbranched alkanes of at least 4 members (excludes halogenated alkanes) is 2. The van der Waals surface area contributed by atoms with Crippen molar-refractivity contribution in [3.8, 4) is 5.75 Å². The van der Waals surface area contributed by atoms with Crippen LogP contribution in [0.1, 0.15) is 32.6 Å². The Kier molecular flexibility index (Phi) is 20.2. The van der Waals surface area contributed by atoms with Gasteiger partial charge in [0.15, 0.2) is 5.75 Å². The van der Waals surface area contributed by atoms with Crippen LogP contribution in [0, 0.1) is 0 Å². The van der Waals surface area contributed by atoms with E-state index in [1.807, 2.05) is 6.92 Å². The largest absolute Gasteiger partial charge is 1.00 e. The van der Waals surface area contributed by atoms with Gasteiger partial charge in [-0.25, -0.2) is 0 Å². The van der Waals surface area contributed by atoms with E-state index < -0.39 is 20.5 Å². The summed E-state index contributed by atoms with van der Waals surface area (Å²) >= 11 is 0. The second-order valence-corrected chi connectivity index (χ2v) is 5.78. The van der Waals surface area contributed by atoms with Crippen LogP contribution in [0.25, 0.3) is 0 Å². The summed E-state index contributed by atoms with van der Waals surface area (Å²) in [6.07, 6.45) is 2.09. The van der Waals surface area contributed by atoms with Gasteiger partial charge in [0.1, 0.15) is 6.10 Å². The molecular weight excluding hydrogens is 393 g/mol. The van der Waals surface area contributed by atoms with Crippen molar-refractivity contribution in [3.05, 3.63) is 30.3 Å². The third-order valence-electron chi connectivity index (χ3n) is 2.68. The maximum absolute atomic E-state index is 10.5. The smallest absolute Gasteiger partial charge is 0.790 e. The summed E-state index contributed by atoms with van der Waals surface area (Å²) in [4.78, 5) is 30.3. The van der Waals surface area contributed by atoms with Crippen molar-refractivity contribution in [2.75, 3.05) is 6.61 Å². The molecule has 1 unspecified atom stereocenters. The van der Waals surface area contributed by atoms with Crippen LogP contribution < -0.4 is 73.8 Å². The average Bonchev–Trinajstić information content (AvgIpc) is 2.55. The standard InChI is InChI=1S/C13H21O10P.2Na/c1-2-3-5-10-13(11-17-24(14,15)16)19-21-23-22-20-18-12-8-6-4-7-9-12;;/h4,6-9,13H,2-3,5,10-11H2,1H3,(H2,14,15,16);;/q;2*+1/p-2. The van der Waals surface area contributed by atoms with Crippen molar-refractivity contribution >= 4 is 7.82 Å². The predicted molar refractivity (Wildman–Crippen MR) is 74.0 cm³/mol. The molecule has 1 aromatic rings. The zero-order valence-electron chi connectivity index (χ0n) is 15.0. The van der Waals surface area contributed by atoms with E-state index in [9.17, 15) is 14.4 Å². The van der Waals surface area contributed by atoms with Crippen LogP contribution in [0.4, 0.5) is 0 Å². The molecule has 26 heavy (non-hydrogen) atoms. The molecule has 1 atom stereocenters. The van der Waals surface area contributed by atoms with Crippen molar-refractivity contribution in [3.63, 3.8) is 0 Å². The van der Waals surface area contributed by atoms with Crippen LogP contribution in [0.5, 0.6) is 5.75 Å². The minimum atomic E-state index is -5.09. The Morgan fingerprint density at radius 2 is 1.65 bits per heavy atom. The Morgan fingerprint density at radius 3 is 2.27 bits per heavy atom. The molecular formula is C13H19Na2O10P. The van der Waals surface area contributed by atoms with E-state index in [0.29, 0.717) is 18.6 Å². The Balaban J connectivity index is 0. The first-order valence-electron chi connectivity index (χ1n) is 7.23. The van der Waals surface area contributed by atoms with Crippen LogP contribution in [0.3, 0.4) is 0 Å². The van der Waals surface area contributed by atoms with E-state index >= 15 is 0 Å². The normalized spacial score (nSPS) is 12.0. The quantitative estimate of drug-likeness (QED) is 0.0970. The van der Waals surface area contributed by atoms with Gasteiger partial charge >= 0.3 is 59.1 Å². The van der Waals surface area contributed by atoms with E-state index in [-0.39, 0.29) is 59.1 Å². The summed E-state index contributed by atoms with van der Waals surface area (Å²) in [7, 11) is -5.09. The van der Waals surface area contributed by atoms with Gasteiger partial charge in [0.05, 0.1) is 14.4 Å². The van der Waals surface area contributed by atoms with Crippen LogP contribution in [-0.2, 0) is 34.1 Å². The molecule has 0 amide bonds. The molecule has 0 fully saturated rings. The Bertz CT molecular complexity index is 475. The van der Waals surface area contributed by atoms with Gasteiger partial charge in [-0.2, -0.15) is 4.89 Å². The summed E-state index contributed by atoms with van der Waals surface area (Å²) < 4.78 is 14.6. The van der Waals surface area contributed by atoms with Crippen molar-refractivity contribution in [1.29, 1.82) is 0 Å². The van der Waals surface area contributed by atoms with Gasteiger partial charge in [0.25, 0.3) is 0 Å². The molecule has 0 aromatic heterocycles. The Labute approximate surface area is 195 Å². The molecule has 0 heterocycles. The molecule has 13 heteroatoms. The molecule has 10 nitrogen and oxygen atoms in total. The molecule has 0 aliphatic rings. The van der Waals surface area contributed by atoms with Crippen LogP contribution >= 0.6 is 7.82 Å². The fourth-order valence-corrected chi connectivity index (χ4v) is 1.93. The van der Waals surface area contributed by atoms with Gasteiger partial charge in [-0.3, -0.25) is 0 Å². The molecule has 0 N–H and O–H groups in total. The van der Waals surface area contributed by atoms with Crippen LogP contribution in [-0.4, -0.2) is 12.7 Å². The van der Waals surface area contributed by atoms with E-state index in [4.69, 9.17) is 4.89 Å². The number of rotatable bonds is 14. The molecule has 0 saturated carbocycles. The van der Waals surface area contributed by atoms with E-state index in [1.54, 1.807) is 30.3 Å². The summed E-state index contributed by atoms with van der Waals surface area (Å²) in [5.41, 5.74) is 0. The number of para-hydroxylation sites is 1. The third kappa shape index (κ3) is 17.1. The first kappa shape index (κ1) is 29.1. The Morgan fingerprint density at radius 1 is 1.00 bits per heavy atom. The Hall–Kier alpha value is 0.930. The molecule has 0 spiro atoms. The molecule has 1 aromatic carbocycles. The van der Waals surface area contributed by atoms with Gasteiger partial charge in [-0.05, 0) is 28.6 Å². The van der Waals surface area contributed by atoms with E-state index in [0.717, 1.165) is 12.8 Å². The number of hydrogen-bond acceptors (Lipinski definition) is 10. The van der Waals surface area contributed by atoms with Gasteiger partial charge in [0, 0.05) is 10.1 Å². The average molecular weight is 412 g/mol. The zero-order valence-corrected chi connectivity index (χ0v) is 19.9. The first-order valence-corrected chi connectivity index (χ1v) is 8.69. The minimum Gasteiger partial charge on any atom is -0.790 e. The molecule has 0 saturated heterocycles. The van der Waals surface area contributed by atoms with E-state index in [1.165, 1.54) is 0 Å². The summed E-state index contributed by atoms with van der Waals surface area (Å²) in [5.74, 6) is 0.356. The maximum atomic E-state index is 10.5. The van der Waals surface area contributed by atoms with Crippen molar-refractivity contribution in [2.45, 2.75) is 38.7 Å². The van der Waals surface area contributed by atoms with Gasteiger partial charge in [-0.15, -0.1) is 0 Å². The zero-order chi connectivity index (χ0) is 17.7. The van der Waals surface area contributed by atoms with Crippen molar-refractivity contribution in [1.82, 2.24) is 0 Å². The number of phosphoric acid groups is 1. The second-order valence-electron chi connectivity index (χ2n) is 4.63.